The van der Waals surface area contributed by atoms with Gasteiger partial charge in [0.15, 0.2) is 0 Å². The molecule has 0 saturated carbocycles. The van der Waals surface area contributed by atoms with E-state index < -0.39 is 16.2 Å². The normalized spacial score (nSPS) is 14.5. The molecular weight excluding hydrogens is 901 g/mol. The predicted octanol–water partition coefficient (Wildman–Crippen LogP) is 18.1. The SMILES string of the molecule is c1ccc(C2(c3ccccc3)c3ccccc3-c3ccc(-c4ccc5c(c4)C(c4ccccc4)(c4ccccc4)c4cc(-c6ccc7c(c6)C(c6ccccc6)(c6ccccc6)c6ccccc6-7)ccc4-5)cc32)cc1. The summed E-state index contributed by atoms with van der Waals surface area (Å²) < 4.78 is 0. The maximum absolute atomic E-state index is 2.52. The first-order chi connectivity index (χ1) is 37.2. The molecule has 0 aromatic heterocycles. The molecule has 0 heteroatoms. The standard InChI is InChI=1S/C75H50/c1-7-23-55(24-8-1)73(56-25-9-2-10-26-56)67-37-21-19-35-61(67)63-43-39-51(47-69(63)73)53-41-45-65-66-46-42-54(50-72(66)75(71(65)49-53,59-31-15-5-16-32-59)60-33-17-6-18-34-60)52-40-44-64-62-36-20-22-38-68(62)74(70(64)48-52,57-27-11-3-12-28-57)58-29-13-4-14-30-58/h1-50H. The van der Waals surface area contributed by atoms with Gasteiger partial charge in [-0.25, -0.2) is 0 Å². The monoisotopic (exact) mass is 950 g/mol. The lowest BCUT2D eigenvalue weighted by molar-refractivity contribution is 0.767. The van der Waals surface area contributed by atoms with Crippen molar-refractivity contribution in [2.45, 2.75) is 16.2 Å². The second kappa shape index (κ2) is 16.9. The Morgan fingerprint density at radius 2 is 0.333 bits per heavy atom. The maximum Gasteiger partial charge on any atom is 0.0713 e. The fourth-order valence-electron chi connectivity index (χ4n) is 14.1. The van der Waals surface area contributed by atoms with Crippen LogP contribution in [0, 0.1) is 0 Å². The average Bonchev–Trinajstić information content (AvgIpc) is 4.24. The highest BCUT2D eigenvalue weighted by molar-refractivity contribution is 5.94. The number of rotatable bonds is 8. The first-order valence-electron chi connectivity index (χ1n) is 26.3. The molecule has 0 nitrogen and oxygen atoms in total. The smallest absolute Gasteiger partial charge is 0.0622 e. The summed E-state index contributed by atoms with van der Waals surface area (Å²) in [6.07, 6.45) is 0. The van der Waals surface area contributed by atoms with Gasteiger partial charge in [-0.1, -0.05) is 279 Å². The third-order valence-corrected chi connectivity index (χ3v) is 17.1. The summed E-state index contributed by atoms with van der Waals surface area (Å²) in [5, 5.41) is 0. The largest absolute Gasteiger partial charge is 0.0713 e. The van der Waals surface area contributed by atoms with Crippen LogP contribution in [0.1, 0.15) is 66.8 Å². The molecular formula is C75H50. The van der Waals surface area contributed by atoms with E-state index in [4.69, 9.17) is 0 Å². The van der Waals surface area contributed by atoms with Crippen molar-refractivity contribution in [1.29, 1.82) is 0 Å². The maximum atomic E-state index is 2.52. The Morgan fingerprint density at radius 3 is 0.573 bits per heavy atom. The fraction of sp³-hybridized carbons (Fsp3) is 0.0400. The first-order valence-corrected chi connectivity index (χ1v) is 26.3. The summed E-state index contributed by atoms with van der Waals surface area (Å²) in [5.41, 5.74) is 26.3. The van der Waals surface area contributed by atoms with E-state index >= 15 is 0 Å². The van der Waals surface area contributed by atoms with Gasteiger partial charge in [0, 0.05) is 0 Å². The lowest BCUT2D eigenvalue weighted by atomic mass is 9.66. The van der Waals surface area contributed by atoms with Crippen LogP contribution in [0.4, 0.5) is 0 Å². The molecule has 3 aliphatic rings. The van der Waals surface area contributed by atoms with E-state index in [1.165, 1.54) is 122 Å². The lowest BCUT2D eigenvalue weighted by Gasteiger charge is -2.35. The van der Waals surface area contributed by atoms with Gasteiger partial charge >= 0.3 is 0 Å². The zero-order valence-electron chi connectivity index (χ0n) is 41.4. The van der Waals surface area contributed by atoms with Gasteiger partial charge in [-0.3, -0.25) is 0 Å². The molecule has 0 amide bonds. The van der Waals surface area contributed by atoms with Crippen molar-refractivity contribution in [2.75, 3.05) is 0 Å². The van der Waals surface area contributed by atoms with Crippen LogP contribution in [0.5, 0.6) is 0 Å². The van der Waals surface area contributed by atoms with Crippen molar-refractivity contribution >= 4 is 0 Å². The molecule has 0 fully saturated rings. The Hall–Kier alpha value is -9.36. The van der Waals surface area contributed by atoms with Gasteiger partial charge in [0.05, 0.1) is 16.2 Å². The Morgan fingerprint density at radius 1 is 0.147 bits per heavy atom. The Bertz CT molecular complexity index is 3790. The second-order valence-electron chi connectivity index (χ2n) is 20.6. The number of hydrogen-bond acceptors (Lipinski definition) is 0. The fourth-order valence-corrected chi connectivity index (χ4v) is 14.1. The van der Waals surface area contributed by atoms with E-state index in [-0.39, 0.29) is 0 Å². The average molecular weight is 951 g/mol. The number of hydrogen-bond donors (Lipinski definition) is 0. The Kier molecular flexibility index (Phi) is 9.72. The highest BCUT2D eigenvalue weighted by Gasteiger charge is 2.49. The summed E-state index contributed by atoms with van der Waals surface area (Å²) in [6, 6.07) is 114. The van der Waals surface area contributed by atoms with Gasteiger partial charge in [0.25, 0.3) is 0 Å². The van der Waals surface area contributed by atoms with E-state index in [1.54, 1.807) is 0 Å². The summed E-state index contributed by atoms with van der Waals surface area (Å²) in [6.45, 7) is 0. The minimum absolute atomic E-state index is 0.492. The molecule has 0 N–H and O–H groups in total. The molecule has 3 aliphatic carbocycles. The first kappa shape index (κ1) is 43.2. The van der Waals surface area contributed by atoms with Gasteiger partial charge in [0.2, 0.25) is 0 Å². The van der Waals surface area contributed by atoms with Crippen molar-refractivity contribution < 1.29 is 0 Å². The van der Waals surface area contributed by atoms with Gasteiger partial charge in [-0.15, -0.1) is 0 Å². The molecule has 0 aliphatic heterocycles. The van der Waals surface area contributed by atoms with Crippen LogP contribution in [0.2, 0.25) is 0 Å². The van der Waals surface area contributed by atoms with Gasteiger partial charge in [0.1, 0.15) is 0 Å². The molecule has 0 bridgehead atoms. The molecule has 75 heavy (non-hydrogen) atoms. The van der Waals surface area contributed by atoms with E-state index in [1.807, 2.05) is 0 Å². The molecule has 0 spiro atoms. The van der Waals surface area contributed by atoms with Crippen molar-refractivity contribution in [3.63, 3.8) is 0 Å². The van der Waals surface area contributed by atoms with Crippen molar-refractivity contribution in [2.24, 2.45) is 0 Å². The van der Waals surface area contributed by atoms with E-state index in [0.29, 0.717) is 0 Å². The summed E-state index contributed by atoms with van der Waals surface area (Å²) in [7, 11) is 0. The quantitative estimate of drug-likeness (QED) is 0.142. The van der Waals surface area contributed by atoms with Gasteiger partial charge in [-0.05, 0) is 147 Å². The molecule has 0 unspecified atom stereocenters. The highest BCUT2D eigenvalue weighted by Crippen LogP contribution is 2.61. The molecule has 15 rings (SSSR count). The zero-order chi connectivity index (χ0) is 49.6. The Labute approximate surface area is 439 Å². The topological polar surface area (TPSA) is 0 Å². The van der Waals surface area contributed by atoms with E-state index in [0.717, 1.165) is 0 Å². The van der Waals surface area contributed by atoms with Gasteiger partial charge < -0.3 is 0 Å². The third-order valence-electron chi connectivity index (χ3n) is 17.1. The van der Waals surface area contributed by atoms with Crippen LogP contribution in [-0.2, 0) is 16.2 Å². The van der Waals surface area contributed by atoms with E-state index in [9.17, 15) is 0 Å². The molecule has 0 radical (unpaired) electrons. The molecule has 0 saturated heterocycles. The van der Waals surface area contributed by atoms with Crippen LogP contribution >= 0.6 is 0 Å². The molecule has 350 valence electrons. The number of benzene rings is 12. The molecule has 12 aromatic rings. The lowest BCUT2D eigenvalue weighted by Crippen LogP contribution is -2.29. The van der Waals surface area contributed by atoms with Crippen molar-refractivity contribution in [3.8, 4) is 55.6 Å². The minimum Gasteiger partial charge on any atom is -0.0622 e. The minimum atomic E-state index is -0.616. The molecule has 12 aromatic carbocycles. The second-order valence-corrected chi connectivity index (χ2v) is 20.6. The van der Waals surface area contributed by atoms with Crippen LogP contribution in [0.15, 0.2) is 303 Å². The number of fused-ring (bicyclic) bond motifs is 9. The predicted molar refractivity (Wildman–Crippen MR) is 309 cm³/mol. The molecule has 0 heterocycles. The third kappa shape index (κ3) is 6.06. The Balaban J connectivity index is 0.943. The highest BCUT2D eigenvalue weighted by atomic mass is 14.5. The van der Waals surface area contributed by atoms with E-state index in [2.05, 4.69) is 303 Å². The van der Waals surface area contributed by atoms with Crippen molar-refractivity contribution in [3.05, 3.63) is 370 Å². The summed E-state index contributed by atoms with van der Waals surface area (Å²) in [4.78, 5) is 0. The van der Waals surface area contributed by atoms with Crippen molar-refractivity contribution in [1.82, 2.24) is 0 Å². The van der Waals surface area contributed by atoms with Crippen LogP contribution in [0.25, 0.3) is 55.6 Å². The van der Waals surface area contributed by atoms with Gasteiger partial charge in [-0.2, -0.15) is 0 Å². The van der Waals surface area contributed by atoms with Crippen LogP contribution < -0.4 is 0 Å². The molecule has 0 atom stereocenters. The van der Waals surface area contributed by atoms with Crippen LogP contribution in [-0.4, -0.2) is 0 Å². The zero-order valence-corrected chi connectivity index (χ0v) is 41.4. The summed E-state index contributed by atoms with van der Waals surface area (Å²) in [5.74, 6) is 0. The summed E-state index contributed by atoms with van der Waals surface area (Å²) >= 11 is 0. The van der Waals surface area contributed by atoms with Crippen LogP contribution in [0.3, 0.4) is 0 Å².